The molecule has 0 radical (unpaired) electrons. The van der Waals surface area contributed by atoms with Crippen molar-refractivity contribution in [2.45, 2.75) is 57.8 Å². The Balaban J connectivity index is 1.60. The number of anilines is 1. The minimum atomic E-state index is -0.698. The number of phenols is 1. The number of hydrogen-bond donors (Lipinski definition) is 1. The molecule has 0 aliphatic carbocycles. The highest BCUT2D eigenvalue weighted by molar-refractivity contribution is 6.35. The third kappa shape index (κ3) is 5.49. The molecular formula is C29H37ClFN5O5. The average Bonchev–Trinajstić information content (AvgIpc) is 3.21. The summed E-state index contributed by atoms with van der Waals surface area (Å²) in [6.07, 6.45) is 0.378. The van der Waals surface area contributed by atoms with E-state index in [1.54, 1.807) is 30.6 Å². The maximum Gasteiger partial charge on any atom is 0.410 e. The maximum absolute atomic E-state index is 15.1. The zero-order valence-corrected chi connectivity index (χ0v) is 25.0. The van der Waals surface area contributed by atoms with Gasteiger partial charge in [0.25, 0.3) is 5.91 Å². The van der Waals surface area contributed by atoms with Gasteiger partial charge in [-0.1, -0.05) is 17.7 Å². The van der Waals surface area contributed by atoms with Crippen molar-refractivity contribution in [2.24, 2.45) is 0 Å². The lowest BCUT2D eigenvalue weighted by Gasteiger charge is -2.40. The summed E-state index contributed by atoms with van der Waals surface area (Å²) in [5.41, 5.74) is -0.611. The van der Waals surface area contributed by atoms with Crippen LogP contribution < -0.4 is 9.64 Å². The van der Waals surface area contributed by atoms with Crippen molar-refractivity contribution in [3.8, 4) is 22.8 Å². The number of fused-ring (bicyclic) bond motifs is 2. The number of carbonyl (C=O) groups excluding carboxylic acids is 2. The molecule has 10 nitrogen and oxygen atoms in total. The molecule has 41 heavy (non-hydrogen) atoms. The van der Waals surface area contributed by atoms with Gasteiger partial charge in [-0.05, 0) is 60.3 Å². The maximum atomic E-state index is 15.1. The number of rotatable bonds is 3. The van der Waals surface area contributed by atoms with Crippen molar-refractivity contribution in [3.63, 3.8) is 0 Å². The van der Waals surface area contributed by atoms with Gasteiger partial charge in [0, 0.05) is 38.3 Å². The second-order valence-corrected chi connectivity index (χ2v) is 12.6. The number of pyridine rings is 1. The van der Waals surface area contributed by atoms with Crippen molar-refractivity contribution >= 4 is 29.4 Å². The number of nitrogens with zero attached hydrogens (tertiary/aromatic N) is 5. The number of amides is 2. The molecule has 0 saturated carbocycles. The number of hydrogen-bond acceptors (Lipinski definition) is 8. The Kier molecular flexibility index (Phi) is 7.71. The summed E-state index contributed by atoms with van der Waals surface area (Å²) in [5.74, 6) is -0.912. The lowest BCUT2D eigenvalue weighted by Crippen LogP contribution is -2.58. The third-order valence-electron chi connectivity index (χ3n) is 7.89. The molecule has 1 aromatic carbocycles. The highest BCUT2D eigenvalue weighted by Crippen LogP contribution is 2.47. The lowest BCUT2D eigenvalue weighted by molar-refractivity contribution is 0.000954. The molecule has 4 heterocycles. The van der Waals surface area contributed by atoms with Crippen molar-refractivity contribution in [3.05, 3.63) is 34.6 Å². The standard InChI is InChI=1S/C29H37ClFN5O5/c1-16-12-17(33(5)6)14-36(16)26-22-25(23(30)24(32-26)21-19(31)8-7-9-20(21)37)40-15-18-13-34(10-11-35(18)27(22)38)28(39)41-29(2,3)4/h7-9,16-18,37H,10-15H2,1-6H3/t16-,17+,18+/m0/s1. The summed E-state index contributed by atoms with van der Waals surface area (Å²) >= 11 is 6.84. The molecule has 2 saturated heterocycles. The second-order valence-electron chi connectivity index (χ2n) is 12.2. The number of carbonyl (C=O) groups is 2. The molecule has 1 N–H and O–H groups in total. The number of phenolic OH excluding ortho intramolecular Hbond substituents is 1. The van der Waals surface area contributed by atoms with Gasteiger partial charge in [0.2, 0.25) is 0 Å². The third-order valence-corrected chi connectivity index (χ3v) is 8.24. The molecule has 0 bridgehead atoms. The fourth-order valence-electron chi connectivity index (χ4n) is 5.73. The quantitative estimate of drug-likeness (QED) is 0.568. The van der Waals surface area contributed by atoms with E-state index < -0.39 is 23.6 Å². The Labute approximate surface area is 244 Å². The van der Waals surface area contributed by atoms with Gasteiger partial charge in [0.05, 0.1) is 11.6 Å². The second kappa shape index (κ2) is 10.8. The van der Waals surface area contributed by atoms with Gasteiger partial charge < -0.3 is 34.2 Å². The zero-order chi connectivity index (χ0) is 29.8. The Morgan fingerprint density at radius 3 is 2.56 bits per heavy atom. The molecule has 3 aliphatic heterocycles. The van der Waals surface area contributed by atoms with E-state index in [9.17, 15) is 14.7 Å². The molecule has 5 rings (SSSR count). The molecule has 1 aromatic heterocycles. The highest BCUT2D eigenvalue weighted by Gasteiger charge is 2.43. The van der Waals surface area contributed by atoms with Crippen LogP contribution in [0, 0.1) is 5.82 Å². The molecule has 0 spiro atoms. The van der Waals surface area contributed by atoms with E-state index in [0.29, 0.717) is 18.9 Å². The van der Waals surface area contributed by atoms with Crippen LogP contribution in [-0.4, -0.2) is 107 Å². The van der Waals surface area contributed by atoms with E-state index in [2.05, 4.69) is 11.8 Å². The first-order chi connectivity index (χ1) is 19.3. The van der Waals surface area contributed by atoms with Gasteiger partial charge in [-0.25, -0.2) is 14.2 Å². The molecule has 3 aliphatic rings. The monoisotopic (exact) mass is 589 g/mol. The smallest absolute Gasteiger partial charge is 0.410 e. The van der Waals surface area contributed by atoms with Gasteiger partial charge in [0.15, 0.2) is 5.75 Å². The van der Waals surface area contributed by atoms with Crippen molar-refractivity contribution < 1.29 is 28.6 Å². The molecule has 222 valence electrons. The van der Waals surface area contributed by atoms with Gasteiger partial charge in [-0.2, -0.15) is 0 Å². The number of halogens is 2. The number of aromatic hydroxyl groups is 1. The normalized spacial score (nSPS) is 22.8. The van der Waals surface area contributed by atoms with Crippen molar-refractivity contribution in [1.29, 1.82) is 0 Å². The van der Waals surface area contributed by atoms with Crippen LogP contribution in [0.5, 0.6) is 11.5 Å². The van der Waals surface area contributed by atoms with Crippen LogP contribution in [0.2, 0.25) is 5.02 Å². The van der Waals surface area contributed by atoms with Crippen LogP contribution in [0.3, 0.4) is 0 Å². The summed E-state index contributed by atoms with van der Waals surface area (Å²) in [6, 6.07) is 3.73. The van der Waals surface area contributed by atoms with E-state index >= 15 is 4.39 Å². The van der Waals surface area contributed by atoms with Crippen LogP contribution in [0.4, 0.5) is 15.0 Å². The van der Waals surface area contributed by atoms with E-state index in [4.69, 9.17) is 26.1 Å². The van der Waals surface area contributed by atoms with E-state index in [1.807, 2.05) is 19.0 Å². The summed E-state index contributed by atoms with van der Waals surface area (Å²) in [5, 5.41) is 10.6. The van der Waals surface area contributed by atoms with Crippen LogP contribution in [-0.2, 0) is 4.74 Å². The van der Waals surface area contributed by atoms with Crippen molar-refractivity contribution in [2.75, 3.05) is 51.8 Å². The largest absolute Gasteiger partial charge is 0.507 e. The summed E-state index contributed by atoms with van der Waals surface area (Å²) in [6.45, 7) is 8.89. The molecule has 3 atom stereocenters. The van der Waals surface area contributed by atoms with Crippen LogP contribution in [0.15, 0.2) is 18.2 Å². The molecule has 2 fully saturated rings. The molecular weight excluding hydrogens is 553 g/mol. The van der Waals surface area contributed by atoms with Gasteiger partial charge >= 0.3 is 6.09 Å². The van der Waals surface area contributed by atoms with E-state index in [-0.39, 0.29) is 71.0 Å². The van der Waals surface area contributed by atoms with Gasteiger partial charge in [-0.15, -0.1) is 0 Å². The zero-order valence-electron chi connectivity index (χ0n) is 24.3. The number of likely N-dealkylation sites (N-methyl/N-ethyl adjacent to an activating group) is 1. The van der Waals surface area contributed by atoms with E-state index in [0.717, 1.165) is 6.42 Å². The predicted octanol–water partition coefficient (Wildman–Crippen LogP) is 4.23. The number of aromatic nitrogens is 1. The SMILES string of the molecule is C[C@H]1C[C@@H](N(C)C)CN1c1nc(-c2c(O)cccc2F)c(Cl)c2c1C(=O)N1CCN(C(=O)OC(C)(C)C)C[C@@H]1CO2. The predicted molar refractivity (Wildman–Crippen MR) is 153 cm³/mol. The molecule has 2 amide bonds. The molecule has 2 aromatic rings. The van der Waals surface area contributed by atoms with Crippen LogP contribution in [0.25, 0.3) is 11.3 Å². The minimum absolute atomic E-state index is 0.000395. The Morgan fingerprint density at radius 2 is 1.93 bits per heavy atom. The first-order valence-electron chi connectivity index (χ1n) is 13.8. The molecule has 0 unspecified atom stereocenters. The number of piperazine rings is 1. The Hall–Kier alpha value is -3.31. The Bertz CT molecular complexity index is 1350. The van der Waals surface area contributed by atoms with Crippen LogP contribution in [0.1, 0.15) is 44.5 Å². The minimum Gasteiger partial charge on any atom is -0.507 e. The fourth-order valence-corrected chi connectivity index (χ4v) is 6.02. The Morgan fingerprint density at radius 1 is 1.20 bits per heavy atom. The average molecular weight is 590 g/mol. The number of benzene rings is 1. The number of ether oxygens (including phenoxy) is 2. The lowest BCUT2D eigenvalue weighted by atomic mass is 10.0. The van der Waals surface area contributed by atoms with Gasteiger partial charge in [0.1, 0.15) is 45.9 Å². The van der Waals surface area contributed by atoms with E-state index in [1.165, 1.54) is 18.2 Å². The van der Waals surface area contributed by atoms with Crippen molar-refractivity contribution in [1.82, 2.24) is 19.7 Å². The first-order valence-corrected chi connectivity index (χ1v) is 14.2. The summed E-state index contributed by atoms with van der Waals surface area (Å²) < 4.78 is 26.9. The van der Waals surface area contributed by atoms with Crippen LogP contribution >= 0.6 is 11.6 Å². The first kappa shape index (κ1) is 29.2. The highest BCUT2D eigenvalue weighted by atomic mass is 35.5. The fraction of sp³-hybridized carbons (Fsp3) is 0.552. The topological polar surface area (TPSA) is 98.7 Å². The summed E-state index contributed by atoms with van der Waals surface area (Å²) in [7, 11) is 4.00. The molecule has 12 heteroatoms. The summed E-state index contributed by atoms with van der Waals surface area (Å²) in [4.78, 5) is 39.3. The van der Waals surface area contributed by atoms with Gasteiger partial charge in [-0.3, -0.25) is 4.79 Å².